The van der Waals surface area contributed by atoms with Crippen LogP contribution < -0.4 is 10.6 Å². The molecule has 3 aromatic rings. The van der Waals surface area contributed by atoms with Crippen molar-refractivity contribution >= 4 is 34.6 Å². The van der Waals surface area contributed by atoms with Crippen LogP contribution in [0.5, 0.6) is 0 Å². The quantitative estimate of drug-likeness (QED) is 0.377. The lowest BCUT2D eigenvalue weighted by Crippen LogP contribution is -2.66. The lowest BCUT2D eigenvalue weighted by atomic mass is 9.92. The van der Waals surface area contributed by atoms with Gasteiger partial charge in [0.15, 0.2) is 11.6 Å². The number of likely N-dealkylation sites (tertiary alicyclic amines) is 1. The summed E-state index contributed by atoms with van der Waals surface area (Å²) in [7, 11) is 0. The topological polar surface area (TPSA) is 64.6 Å². The van der Waals surface area contributed by atoms with Gasteiger partial charge in [0.2, 0.25) is 0 Å². The van der Waals surface area contributed by atoms with Crippen LogP contribution >= 0.6 is 11.6 Å². The Balaban J connectivity index is 0.00000167. The molecule has 0 spiro atoms. The minimum Gasteiger partial charge on any atom is -0.384 e. The van der Waals surface area contributed by atoms with E-state index in [0.717, 1.165) is 17.8 Å². The number of aliphatic hydroxyl groups is 1. The summed E-state index contributed by atoms with van der Waals surface area (Å²) in [5.74, 6) is -3.74. The lowest BCUT2D eigenvalue weighted by molar-refractivity contribution is -0.0706. The number of anilines is 3. The zero-order valence-corrected chi connectivity index (χ0v) is 20.4. The first-order valence-corrected chi connectivity index (χ1v) is 11.6. The van der Waals surface area contributed by atoms with Crippen LogP contribution in [0.3, 0.4) is 0 Å². The molecule has 1 saturated heterocycles. The number of carbonyl (C=O) groups is 1. The van der Waals surface area contributed by atoms with E-state index < -0.39 is 34.6 Å². The summed E-state index contributed by atoms with van der Waals surface area (Å²) in [5.41, 5.74) is -0.499. The third kappa shape index (κ3) is 6.07. The summed E-state index contributed by atoms with van der Waals surface area (Å²) < 4.78 is 42.8. The molecule has 4 rings (SSSR count). The van der Waals surface area contributed by atoms with E-state index in [1.165, 1.54) is 17.0 Å². The summed E-state index contributed by atoms with van der Waals surface area (Å²) >= 11 is 5.86. The van der Waals surface area contributed by atoms with Crippen LogP contribution in [0.15, 0.2) is 54.6 Å². The highest BCUT2D eigenvalue weighted by Gasteiger charge is 2.44. The van der Waals surface area contributed by atoms with E-state index >= 15 is 0 Å². The van der Waals surface area contributed by atoms with Crippen LogP contribution in [0.1, 0.15) is 29.8 Å². The molecule has 0 atom stereocenters. The highest BCUT2D eigenvalue weighted by atomic mass is 35.5. The molecule has 0 saturated carbocycles. The standard InChI is InChI=1S/C24H21ClF3N3O2.C2H6/c1-14-2-9-20(19(27)10-14)30-22-17(7-8-18(26)21(22)28)23(32)31-12-24(33,13-31)11-29-16-5-3-15(25)4-6-16;1-2/h2-10,29-30,33H,11-13H2,1H3;1-2H3. The average Bonchev–Trinajstić information content (AvgIpc) is 2.82. The first kappa shape index (κ1) is 26.4. The fraction of sp³-hybridized carbons (Fsp3) is 0.269. The second kappa shape index (κ2) is 11.0. The fourth-order valence-corrected chi connectivity index (χ4v) is 3.76. The second-order valence-electron chi connectivity index (χ2n) is 8.14. The van der Waals surface area contributed by atoms with Gasteiger partial charge in [-0.05, 0) is 61.0 Å². The van der Waals surface area contributed by atoms with Crippen molar-refractivity contribution in [3.63, 3.8) is 0 Å². The van der Waals surface area contributed by atoms with Gasteiger partial charge in [0.1, 0.15) is 11.4 Å². The summed E-state index contributed by atoms with van der Waals surface area (Å²) in [6.45, 7) is 5.85. The minimum atomic E-state index is -1.29. The van der Waals surface area contributed by atoms with E-state index in [1.807, 2.05) is 13.8 Å². The first-order valence-electron chi connectivity index (χ1n) is 11.2. The van der Waals surface area contributed by atoms with E-state index in [-0.39, 0.29) is 30.9 Å². The van der Waals surface area contributed by atoms with Crippen molar-refractivity contribution in [3.05, 3.63) is 88.2 Å². The summed E-state index contributed by atoms with van der Waals surface area (Å²) in [5, 5.41) is 16.8. The monoisotopic (exact) mass is 505 g/mol. The van der Waals surface area contributed by atoms with Gasteiger partial charge in [-0.2, -0.15) is 0 Å². The van der Waals surface area contributed by atoms with Crippen LogP contribution in [0.2, 0.25) is 5.02 Å². The Morgan fingerprint density at radius 3 is 2.31 bits per heavy atom. The molecule has 3 N–H and O–H groups in total. The minimum absolute atomic E-state index is 0.0102. The van der Waals surface area contributed by atoms with E-state index in [4.69, 9.17) is 11.6 Å². The maximum Gasteiger partial charge on any atom is 0.256 e. The molecule has 1 heterocycles. The Hall–Kier alpha value is -3.23. The van der Waals surface area contributed by atoms with Crippen molar-refractivity contribution in [2.75, 3.05) is 30.3 Å². The van der Waals surface area contributed by atoms with Crippen molar-refractivity contribution < 1.29 is 23.1 Å². The highest BCUT2D eigenvalue weighted by molar-refractivity contribution is 6.30. The number of β-amino-alcohol motifs (C(OH)–C–C–N with tert-alkyl or cyclic N) is 1. The van der Waals surface area contributed by atoms with Gasteiger partial charge in [-0.15, -0.1) is 0 Å². The third-order valence-corrected chi connectivity index (χ3v) is 5.68. The molecule has 1 fully saturated rings. The lowest BCUT2D eigenvalue weighted by Gasteiger charge is -2.46. The molecule has 1 aliphatic heterocycles. The molecule has 9 heteroatoms. The van der Waals surface area contributed by atoms with Gasteiger partial charge in [-0.25, -0.2) is 13.2 Å². The third-order valence-electron chi connectivity index (χ3n) is 5.43. The normalized spacial score (nSPS) is 13.9. The number of amides is 1. The maximum atomic E-state index is 14.6. The number of carbonyl (C=O) groups excluding carboxylic acids is 1. The van der Waals surface area contributed by atoms with E-state index in [1.54, 1.807) is 37.3 Å². The van der Waals surface area contributed by atoms with Crippen LogP contribution in [0, 0.1) is 24.4 Å². The summed E-state index contributed by atoms with van der Waals surface area (Å²) in [6, 6.07) is 13.1. The van der Waals surface area contributed by atoms with Crippen molar-refractivity contribution in [2.45, 2.75) is 26.4 Å². The molecule has 186 valence electrons. The number of aryl methyl sites for hydroxylation is 1. The zero-order chi connectivity index (χ0) is 25.8. The van der Waals surface area contributed by atoms with Crippen molar-refractivity contribution in [3.8, 4) is 0 Å². The fourth-order valence-electron chi connectivity index (χ4n) is 3.63. The van der Waals surface area contributed by atoms with Gasteiger partial charge < -0.3 is 20.6 Å². The summed E-state index contributed by atoms with van der Waals surface area (Å²) in [6.07, 6.45) is 0. The first-order chi connectivity index (χ1) is 16.6. The largest absolute Gasteiger partial charge is 0.384 e. The molecule has 0 bridgehead atoms. The highest BCUT2D eigenvalue weighted by Crippen LogP contribution is 2.31. The Labute approximate surface area is 207 Å². The molecule has 0 aromatic heterocycles. The molecule has 1 aliphatic rings. The number of halogens is 4. The predicted molar refractivity (Wildman–Crippen MR) is 133 cm³/mol. The molecular weight excluding hydrogens is 479 g/mol. The Kier molecular flexibility index (Phi) is 8.30. The van der Waals surface area contributed by atoms with E-state index in [0.29, 0.717) is 10.6 Å². The maximum absolute atomic E-state index is 14.6. The second-order valence-corrected chi connectivity index (χ2v) is 8.57. The number of nitrogens with zero attached hydrogens (tertiary/aromatic N) is 1. The molecule has 3 aromatic carbocycles. The van der Waals surface area contributed by atoms with Crippen LogP contribution in [0.25, 0.3) is 0 Å². The number of rotatable bonds is 6. The van der Waals surface area contributed by atoms with Crippen LogP contribution in [0.4, 0.5) is 30.2 Å². The van der Waals surface area contributed by atoms with Crippen molar-refractivity contribution in [1.29, 1.82) is 0 Å². The molecule has 0 radical (unpaired) electrons. The van der Waals surface area contributed by atoms with Gasteiger partial charge in [0.05, 0.1) is 30.0 Å². The Morgan fingerprint density at radius 2 is 1.69 bits per heavy atom. The predicted octanol–water partition coefficient (Wildman–Crippen LogP) is 6.13. The number of benzene rings is 3. The number of nitrogens with one attached hydrogen (secondary N) is 2. The van der Waals surface area contributed by atoms with Gasteiger partial charge >= 0.3 is 0 Å². The van der Waals surface area contributed by atoms with E-state index in [9.17, 15) is 23.1 Å². The molecule has 5 nitrogen and oxygen atoms in total. The average molecular weight is 506 g/mol. The molecular formula is C26H27ClF3N3O2. The van der Waals surface area contributed by atoms with Gasteiger partial charge in [-0.3, -0.25) is 4.79 Å². The SMILES string of the molecule is CC.Cc1ccc(Nc2c(C(=O)N3CC(O)(CNc4ccc(Cl)cc4)C3)ccc(F)c2F)c(F)c1. The van der Waals surface area contributed by atoms with E-state index in [2.05, 4.69) is 10.6 Å². The Morgan fingerprint density at radius 1 is 1.03 bits per heavy atom. The summed E-state index contributed by atoms with van der Waals surface area (Å²) in [4.78, 5) is 14.3. The molecule has 0 aliphatic carbocycles. The molecule has 0 unspecified atom stereocenters. The van der Waals surface area contributed by atoms with Crippen molar-refractivity contribution in [2.24, 2.45) is 0 Å². The van der Waals surface area contributed by atoms with Gasteiger partial charge in [0, 0.05) is 17.3 Å². The van der Waals surface area contributed by atoms with Gasteiger partial charge in [0.25, 0.3) is 5.91 Å². The smallest absolute Gasteiger partial charge is 0.256 e. The van der Waals surface area contributed by atoms with Gasteiger partial charge in [-0.1, -0.05) is 31.5 Å². The molecule has 1 amide bonds. The van der Waals surface area contributed by atoms with Crippen LogP contribution in [-0.4, -0.2) is 41.1 Å². The Bertz CT molecular complexity index is 1200. The molecule has 35 heavy (non-hydrogen) atoms. The number of hydrogen-bond acceptors (Lipinski definition) is 4. The zero-order valence-electron chi connectivity index (χ0n) is 19.6. The van der Waals surface area contributed by atoms with Crippen LogP contribution in [-0.2, 0) is 0 Å². The number of hydrogen-bond donors (Lipinski definition) is 3. The van der Waals surface area contributed by atoms with Crippen molar-refractivity contribution in [1.82, 2.24) is 4.90 Å².